The summed E-state index contributed by atoms with van der Waals surface area (Å²) in [6.45, 7) is 5.00. The molecule has 2 rings (SSSR count). The Morgan fingerprint density at radius 1 is 1.38 bits per heavy atom. The Morgan fingerprint density at radius 2 is 2.19 bits per heavy atom. The van der Waals surface area contributed by atoms with E-state index in [1.54, 1.807) is 6.08 Å². The second-order valence-corrected chi connectivity index (χ2v) is 5.05. The Kier molecular flexibility index (Phi) is 6.40. The molecule has 0 spiro atoms. The molecule has 5 nitrogen and oxygen atoms in total. The predicted molar refractivity (Wildman–Crippen MR) is 80.3 cm³/mol. The standard InChI is InChI=1S/C16H22N2O3/c1-2-10-20-16(19)15-9-8-14(11-17-15)18-21-12-13-6-4-3-5-7-13/h2-7,14-15,17-18H,1,8-12H2. The number of hydroxylamine groups is 1. The van der Waals surface area contributed by atoms with Crippen molar-refractivity contribution >= 4 is 5.97 Å². The Morgan fingerprint density at radius 3 is 2.86 bits per heavy atom. The smallest absolute Gasteiger partial charge is 0.323 e. The summed E-state index contributed by atoms with van der Waals surface area (Å²) in [4.78, 5) is 17.2. The number of esters is 1. The molecule has 2 N–H and O–H groups in total. The van der Waals surface area contributed by atoms with Crippen LogP contribution in [0.1, 0.15) is 18.4 Å². The van der Waals surface area contributed by atoms with E-state index in [4.69, 9.17) is 9.57 Å². The van der Waals surface area contributed by atoms with Gasteiger partial charge in [-0.2, -0.15) is 5.48 Å². The molecular weight excluding hydrogens is 268 g/mol. The highest BCUT2D eigenvalue weighted by molar-refractivity contribution is 5.76. The first kappa shape index (κ1) is 15.7. The summed E-state index contributed by atoms with van der Waals surface area (Å²) in [6.07, 6.45) is 3.18. The van der Waals surface area contributed by atoms with Crippen LogP contribution in [0.5, 0.6) is 0 Å². The van der Waals surface area contributed by atoms with E-state index in [0.717, 1.165) is 18.4 Å². The molecule has 0 saturated carbocycles. The molecule has 0 bridgehead atoms. The third-order valence-corrected chi connectivity index (χ3v) is 3.37. The van der Waals surface area contributed by atoms with Crippen molar-refractivity contribution in [3.05, 3.63) is 48.6 Å². The fraction of sp³-hybridized carbons (Fsp3) is 0.438. The topological polar surface area (TPSA) is 59.6 Å². The number of ether oxygens (including phenoxy) is 1. The number of carbonyl (C=O) groups excluding carboxylic acids is 1. The monoisotopic (exact) mass is 290 g/mol. The van der Waals surface area contributed by atoms with E-state index < -0.39 is 0 Å². The van der Waals surface area contributed by atoms with Crippen molar-refractivity contribution in [2.75, 3.05) is 13.2 Å². The SMILES string of the molecule is C=CCOC(=O)C1CCC(NOCc2ccccc2)CN1. The number of piperidine rings is 1. The minimum atomic E-state index is -0.225. The maximum Gasteiger partial charge on any atom is 0.323 e. The summed E-state index contributed by atoms with van der Waals surface area (Å²) < 4.78 is 5.03. The van der Waals surface area contributed by atoms with Crippen LogP contribution in [0.3, 0.4) is 0 Å². The first-order chi connectivity index (χ1) is 10.3. The summed E-state index contributed by atoms with van der Waals surface area (Å²) in [5, 5.41) is 3.18. The average molecular weight is 290 g/mol. The van der Waals surface area contributed by atoms with E-state index in [1.807, 2.05) is 30.3 Å². The molecule has 1 aliphatic rings. The van der Waals surface area contributed by atoms with Gasteiger partial charge in [-0.3, -0.25) is 9.63 Å². The van der Waals surface area contributed by atoms with Crippen LogP contribution >= 0.6 is 0 Å². The number of hydrogen-bond donors (Lipinski definition) is 2. The molecule has 2 atom stereocenters. The molecule has 5 heteroatoms. The van der Waals surface area contributed by atoms with E-state index in [-0.39, 0.29) is 24.7 Å². The molecule has 1 saturated heterocycles. The zero-order valence-electron chi connectivity index (χ0n) is 12.1. The van der Waals surface area contributed by atoms with Gasteiger partial charge in [0.2, 0.25) is 0 Å². The lowest BCUT2D eigenvalue weighted by molar-refractivity contribution is -0.145. The average Bonchev–Trinajstić information content (AvgIpc) is 2.54. The molecular formula is C16H22N2O3. The van der Waals surface area contributed by atoms with Crippen LogP contribution in [0.2, 0.25) is 0 Å². The molecule has 0 amide bonds. The number of hydrogen-bond acceptors (Lipinski definition) is 5. The van der Waals surface area contributed by atoms with E-state index >= 15 is 0 Å². The largest absolute Gasteiger partial charge is 0.460 e. The number of carbonyl (C=O) groups is 1. The highest BCUT2D eigenvalue weighted by Crippen LogP contribution is 2.10. The highest BCUT2D eigenvalue weighted by atomic mass is 16.6. The Hall–Kier alpha value is -1.69. The van der Waals surface area contributed by atoms with Gasteiger partial charge in [-0.15, -0.1) is 0 Å². The Labute approximate surface area is 125 Å². The fourth-order valence-electron chi connectivity index (χ4n) is 2.22. The maximum absolute atomic E-state index is 11.7. The zero-order chi connectivity index (χ0) is 14.9. The van der Waals surface area contributed by atoms with Crippen molar-refractivity contribution in [1.82, 2.24) is 10.8 Å². The van der Waals surface area contributed by atoms with Crippen LogP contribution in [-0.4, -0.2) is 31.2 Å². The lowest BCUT2D eigenvalue weighted by Gasteiger charge is -2.28. The molecule has 1 aromatic rings. The molecule has 1 fully saturated rings. The van der Waals surface area contributed by atoms with Crippen LogP contribution in [0, 0.1) is 0 Å². The number of nitrogens with one attached hydrogen (secondary N) is 2. The molecule has 1 heterocycles. The molecule has 0 aromatic heterocycles. The minimum Gasteiger partial charge on any atom is -0.460 e. The maximum atomic E-state index is 11.7. The fourth-order valence-corrected chi connectivity index (χ4v) is 2.22. The van der Waals surface area contributed by atoms with Gasteiger partial charge in [0.25, 0.3) is 0 Å². The molecule has 1 aliphatic heterocycles. The van der Waals surface area contributed by atoms with E-state index in [1.165, 1.54) is 0 Å². The van der Waals surface area contributed by atoms with Gasteiger partial charge in [0.1, 0.15) is 12.6 Å². The first-order valence-corrected chi connectivity index (χ1v) is 7.21. The third-order valence-electron chi connectivity index (χ3n) is 3.37. The molecule has 114 valence electrons. The van der Waals surface area contributed by atoms with E-state index in [9.17, 15) is 4.79 Å². The lowest BCUT2D eigenvalue weighted by Crippen LogP contribution is -2.51. The van der Waals surface area contributed by atoms with Gasteiger partial charge in [0.05, 0.1) is 6.61 Å². The zero-order valence-corrected chi connectivity index (χ0v) is 12.1. The van der Waals surface area contributed by atoms with Crippen molar-refractivity contribution in [2.24, 2.45) is 0 Å². The Bertz CT molecular complexity index is 442. The molecule has 2 unspecified atom stereocenters. The van der Waals surface area contributed by atoms with Crippen molar-refractivity contribution < 1.29 is 14.4 Å². The Balaban J connectivity index is 1.63. The molecule has 21 heavy (non-hydrogen) atoms. The highest BCUT2D eigenvalue weighted by Gasteiger charge is 2.26. The summed E-state index contributed by atoms with van der Waals surface area (Å²) in [6, 6.07) is 9.97. The van der Waals surface area contributed by atoms with Gasteiger partial charge in [-0.1, -0.05) is 43.0 Å². The number of rotatable bonds is 7. The number of benzene rings is 1. The summed E-state index contributed by atoms with van der Waals surface area (Å²) in [5.74, 6) is -0.210. The van der Waals surface area contributed by atoms with Crippen molar-refractivity contribution in [3.63, 3.8) is 0 Å². The molecule has 0 aliphatic carbocycles. The lowest BCUT2D eigenvalue weighted by atomic mass is 10.0. The van der Waals surface area contributed by atoms with Crippen LogP contribution in [0.25, 0.3) is 0 Å². The van der Waals surface area contributed by atoms with Crippen LogP contribution < -0.4 is 10.8 Å². The second-order valence-electron chi connectivity index (χ2n) is 5.05. The van der Waals surface area contributed by atoms with E-state index in [0.29, 0.717) is 13.2 Å². The van der Waals surface area contributed by atoms with Gasteiger partial charge in [0, 0.05) is 12.6 Å². The summed E-state index contributed by atoms with van der Waals surface area (Å²) in [5.41, 5.74) is 4.17. The molecule has 1 aromatic carbocycles. The quantitative estimate of drug-likeness (QED) is 0.453. The van der Waals surface area contributed by atoms with Gasteiger partial charge in [-0.05, 0) is 18.4 Å². The minimum absolute atomic E-state index is 0.206. The van der Waals surface area contributed by atoms with Crippen molar-refractivity contribution in [1.29, 1.82) is 0 Å². The predicted octanol–water partition coefficient (Wildman–Crippen LogP) is 1.56. The van der Waals surface area contributed by atoms with Gasteiger partial charge in [-0.25, -0.2) is 0 Å². The van der Waals surface area contributed by atoms with Crippen LogP contribution in [0.4, 0.5) is 0 Å². The van der Waals surface area contributed by atoms with E-state index in [2.05, 4.69) is 17.4 Å². The molecule has 0 radical (unpaired) electrons. The van der Waals surface area contributed by atoms with Gasteiger partial charge in [0.15, 0.2) is 0 Å². The van der Waals surface area contributed by atoms with Gasteiger partial charge >= 0.3 is 5.97 Å². The van der Waals surface area contributed by atoms with Gasteiger partial charge < -0.3 is 10.1 Å². The summed E-state index contributed by atoms with van der Waals surface area (Å²) in [7, 11) is 0. The van der Waals surface area contributed by atoms with Crippen molar-refractivity contribution in [3.8, 4) is 0 Å². The normalized spacial score (nSPS) is 21.7. The van der Waals surface area contributed by atoms with Crippen LogP contribution in [0.15, 0.2) is 43.0 Å². The third kappa shape index (κ3) is 5.30. The first-order valence-electron chi connectivity index (χ1n) is 7.21. The van der Waals surface area contributed by atoms with Crippen LogP contribution in [-0.2, 0) is 21.0 Å². The second kappa shape index (κ2) is 8.56. The van der Waals surface area contributed by atoms with Crippen molar-refractivity contribution in [2.45, 2.75) is 31.5 Å². The summed E-state index contributed by atoms with van der Waals surface area (Å²) >= 11 is 0.